The molecule has 27 heavy (non-hydrogen) atoms. The fourth-order valence-electron chi connectivity index (χ4n) is 3.30. The quantitative estimate of drug-likeness (QED) is 0.645. The maximum absolute atomic E-state index is 11.4. The molecule has 3 N–H and O–H groups in total. The summed E-state index contributed by atoms with van der Waals surface area (Å²) in [6.45, 7) is 7.48. The summed E-state index contributed by atoms with van der Waals surface area (Å²) >= 11 is 0. The molecule has 0 saturated carbocycles. The van der Waals surface area contributed by atoms with E-state index in [1.54, 1.807) is 0 Å². The second kappa shape index (κ2) is 8.89. The zero-order valence-corrected chi connectivity index (χ0v) is 16.5. The molecule has 7 heteroatoms. The Kier molecular flexibility index (Phi) is 7.06. The third kappa shape index (κ3) is 6.99. The van der Waals surface area contributed by atoms with Gasteiger partial charge in [0.1, 0.15) is 0 Å². The molecule has 1 amide bonds. The molecule has 1 atom stereocenters. The zero-order chi connectivity index (χ0) is 20.1. The number of rotatable bonds is 9. The number of amides is 1. The van der Waals surface area contributed by atoms with Gasteiger partial charge < -0.3 is 20.1 Å². The Hall–Kier alpha value is -1.86. The van der Waals surface area contributed by atoms with Crippen LogP contribution in [0.25, 0.3) is 0 Å². The molecule has 1 unspecified atom stereocenters. The van der Waals surface area contributed by atoms with Crippen LogP contribution in [0, 0.1) is 10.8 Å². The van der Waals surface area contributed by atoms with E-state index in [0.717, 1.165) is 17.4 Å². The topological polar surface area (TPSA) is 98.9 Å². The minimum atomic E-state index is -0.856. The fourth-order valence-corrected chi connectivity index (χ4v) is 3.30. The summed E-state index contributed by atoms with van der Waals surface area (Å²) < 4.78 is 11.6. The molecule has 1 saturated heterocycles. The average Bonchev–Trinajstić information content (AvgIpc) is 2.58. The van der Waals surface area contributed by atoms with Gasteiger partial charge in [-0.2, -0.15) is 0 Å². The molecule has 1 heterocycles. The lowest BCUT2D eigenvalue weighted by atomic mass is 9.74. The lowest BCUT2D eigenvalue weighted by Crippen LogP contribution is -2.47. The van der Waals surface area contributed by atoms with Crippen LogP contribution in [0.5, 0.6) is 0 Å². The maximum atomic E-state index is 11.4. The average molecular weight is 375 g/mol. The second-order valence-corrected chi connectivity index (χ2v) is 8.71. The van der Waals surface area contributed by atoms with Crippen molar-refractivity contribution < 1.29 is 24.0 Å². The Balaban J connectivity index is 1.94. The van der Waals surface area contributed by atoms with Crippen molar-refractivity contribution >= 4 is 24.5 Å². The first-order chi connectivity index (χ1) is 12.6. The van der Waals surface area contributed by atoms with Gasteiger partial charge >= 0.3 is 13.1 Å². The number of carboxylic acids is 1. The molecule has 2 rings (SSSR count). The van der Waals surface area contributed by atoms with Crippen LogP contribution in [-0.2, 0) is 25.3 Å². The van der Waals surface area contributed by atoms with E-state index >= 15 is 0 Å². The van der Waals surface area contributed by atoms with Crippen LogP contribution in [0.2, 0.25) is 0 Å². The molecule has 1 aromatic carbocycles. The lowest BCUT2D eigenvalue weighted by Gasteiger charge is -2.33. The van der Waals surface area contributed by atoms with Crippen LogP contribution in [0.3, 0.4) is 0 Å². The monoisotopic (exact) mass is 375 g/mol. The Morgan fingerprint density at radius 2 is 1.78 bits per heavy atom. The smallest absolute Gasteiger partial charge is 0.481 e. The van der Waals surface area contributed by atoms with Gasteiger partial charge in [-0.05, 0) is 35.7 Å². The highest BCUT2D eigenvalue weighted by atomic mass is 16.6. The minimum Gasteiger partial charge on any atom is -0.481 e. The van der Waals surface area contributed by atoms with Crippen molar-refractivity contribution in [2.75, 3.05) is 13.2 Å². The molecular formula is C20H30BNO5. The highest BCUT2D eigenvalue weighted by Crippen LogP contribution is 2.33. The standard InChI is InChI=1S/C20H30BNO5/c1-19(2)13-26-21(27-14-19)16-6-4-15(5-7-16)8-10-20(3,12-17(22)23)11-9-18(24)25/h4-7H,8-14H2,1-3H3,(H2,22,23)(H,24,25). The second-order valence-electron chi connectivity index (χ2n) is 8.71. The predicted octanol–water partition coefficient (Wildman–Crippen LogP) is 2.13. The Morgan fingerprint density at radius 1 is 1.19 bits per heavy atom. The van der Waals surface area contributed by atoms with Gasteiger partial charge in [-0.3, -0.25) is 9.59 Å². The van der Waals surface area contributed by atoms with Gasteiger partial charge in [0.25, 0.3) is 0 Å². The van der Waals surface area contributed by atoms with Crippen molar-refractivity contribution in [1.29, 1.82) is 0 Å². The van der Waals surface area contributed by atoms with Crippen LogP contribution < -0.4 is 11.2 Å². The summed E-state index contributed by atoms with van der Waals surface area (Å²) in [5.74, 6) is -1.25. The number of carbonyl (C=O) groups excluding carboxylic acids is 1. The first-order valence-electron chi connectivity index (χ1n) is 9.41. The molecule has 0 aromatic heterocycles. The van der Waals surface area contributed by atoms with Crippen molar-refractivity contribution in [3.05, 3.63) is 29.8 Å². The molecule has 1 aliphatic heterocycles. The van der Waals surface area contributed by atoms with Crippen molar-refractivity contribution in [3.8, 4) is 0 Å². The molecule has 0 bridgehead atoms. The van der Waals surface area contributed by atoms with Crippen molar-refractivity contribution in [2.45, 2.75) is 52.9 Å². The largest absolute Gasteiger partial charge is 0.493 e. The van der Waals surface area contributed by atoms with Gasteiger partial charge in [0, 0.05) is 31.5 Å². The van der Waals surface area contributed by atoms with Crippen LogP contribution in [0.4, 0.5) is 0 Å². The van der Waals surface area contributed by atoms with Crippen molar-refractivity contribution in [2.24, 2.45) is 16.6 Å². The number of benzene rings is 1. The molecule has 0 aliphatic carbocycles. The molecule has 148 valence electrons. The summed E-state index contributed by atoms with van der Waals surface area (Å²) in [5.41, 5.74) is 7.10. The molecule has 0 spiro atoms. The van der Waals surface area contributed by atoms with Gasteiger partial charge in [-0.1, -0.05) is 45.0 Å². The van der Waals surface area contributed by atoms with E-state index in [-0.39, 0.29) is 25.4 Å². The first-order valence-corrected chi connectivity index (χ1v) is 9.41. The van der Waals surface area contributed by atoms with Crippen LogP contribution in [0.15, 0.2) is 24.3 Å². The highest BCUT2D eigenvalue weighted by Gasteiger charge is 2.33. The van der Waals surface area contributed by atoms with Crippen LogP contribution >= 0.6 is 0 Å². The summed E-state index contributed by atoms with van der Waals surface area (Å²) in [7, 11) is -0.331. The van der Waals surface area contributed by atoms with E-state index < -0.39 is 17.3 Å². The van der Waals surface area contributed by atoms with E-state index in [2.05, 4.69) is 13.8 Å². The zero-order valence-electron chi connectivity index (χ0n) is 16.5. The third-order valence-electron chi connectivity index (χ3n) is 5.06. The highest BCUT2D eigenvalue weighted by molar-refractivity contribution is 6.61. The molecule has 1 aliphatic rings. The summed E-state index contributed by atoms with van der Waals surface area (Å²) in [5, 5.41) is 8.94. The fraction of sp³-hybridized carbons (Fsp3) is 0.600. The lowest BCUT2D eigenvalue weighted by molar-refractivity contribution is -0.138. The molecule has 1 fully saturated rings. The van der Waals surface area contributed by atoms with E-state index in [4.69, 9.17) is 20.1 Å². The predicted molar refractivity (Wildman–Crippen MR) is 105 cm³/mol. The van der Waals surface area contributed by atoms with Gasteiger partial charge in [0.05, 0.1) is 0 Å². The Bertz CT molecular complexity index is 651. The number of carbonyl (C=O) groups is 2. The number of aryl methyl sites for hydroxylation is 1. The van der Waals surface area contributed by atoms with Crippen molar-refractivity contribution in [1.82, 2.24) is 0 Å². The summed E-state index contributed by atoms with van der Waals surface area (Å²) in [6, 6.07) is 8.06. The molecule has 0 radical (unpaired) electrons. The summed E-state index contributed by atoms with van der Waals surface area (Å²) in [6.07, 6.45) is 2.12. The van der Waals surface area contributed by atoms with E-state index in [9.17, 15) is 9.59 Å². The Morgan fingerprint density at radius 3 is 2.30 bits per heavy atom. The molecule has 6 nitrogen and oxygen atoms in total. The molecule has 1 aromatic rings. The maximum Gasteiger partial charge on any atom is 0.493 e. The minimum absolute atomic E-state index is 0.0371. The van der Waals surface area contributed by atoms with Crippen LogP contribution in [0.1, 0.15) is 52.0 Å². The number of hydrogen-bond donors (Lipinski definition) is 2. The number of nitrogens with two attached hydrogens (primary N) is 1. The van der Waals surface area contributed by atoms with Crippen molar-refractivity contribution in [3.63, 3.8) is 0 Å². The van der Waals surface area contributed by atoms with E-state index in [0.29, 0.717) is 26.1 Å². The molecular weight excluding hydrogens is 345 g/mol. The van der Waals surface area contributed by atoms with E-state index in [1.807, 2.05) is 31.2 Å². The Labute approximate surface area is 161 Å². The normalized spacial score (nSPS) is 18.7. The van der Waals surface area contributed by atoms with E-state index in [1.165, 1.54) is 0 Å². The van der Waals surface area contributed by atoms with Gasteiger partial charge in [-0.25, -0.2) is 0 Å². The van der Waals surface area contributed by atoms with Gasteiger partial charge in [0.2, 0.25) is 5.91 Å². The van der Waals surface area contributed by atoms with Gasteiger partial charge in [-0.15, -0.1) is 0 Å². The summed E-state index contributed by atoms with van der Waals surface area (Å²) in [4.78, 5) is 22.3. The first kappa shape index (κ1) is 21.4. The number of hydrogen-bond acceptors (Lipinski definition) is 4. The van der Waals surface area contributed by atoms with Gasteiger partial charge in [0.15, 0.2) is 0 Å². The SMILES string of the molecule is CC1(C)COB(c2ccc(CCC(C)(CCC(=O)O)CC(N)=O)cc2)OC1. The van der Waals surface area contributed by atoms with Crippen LogP contribution in [-0.4, -0.2) is 37.3 Å². The third-order valence-corrected chi connectivity index (χ3v) is 5.06. The number of carboxylic acid groups (broad SMARTS) is 1. The number of aliphatic carboxylic acids is 1. The number of primary amides is 1.